The van der Waals surface area contributed by atoms with Gasteiger partial charge in [0.1, 0.15) is 0 Å². The van der Waals surface area contributed by atoms with E-state index < -0.39 is 8.25 Å². The molecule has 1 aliphatic heterocycles. The summed E-state index contributed by atoms with van der Waals surface area (Å²) in [7, 11) is 0.884. The van der Waals surface area contributed by atoms with E-state index in [4.69, 9.17) is 0 Å². The molecule has 0 radical (unpaired) electrons. The second-order valence-corrected chi connectivity index (χ2v) is 12.4. The zero-order valence-electron chi connectivity index (χ0n) is 9.94. The number of fused-ring (bicyclic) bond motifs is 1. The van der Waals surface area contributed by atoms with Crippen molar-refractivity contribution < 1.29 is 4.21 Å². The fourth-order valence-corrected chi connectivity index (χ4v) is 10.9. The van der Waals surface area contributed by atoms with Crippen LogP contribution in [0.5, 0.6) is 0 Å². The van der Waals surface area contributed by atoms with Crippen LogP contribution in [0.2, 0.25) is 0 Å². The Labute approximate surface area is 109 Å². The molecule has 88 valence electrons. The monoisotopic (exact) mass is 320 g/mol. The molecule has 1 aromatic carbocycles. The van der Waals surface area contributed by atoms with Crippen molar-refractivity contribution in [2.24, 2.45) is 0 Å². The van der Waals surface area contributed by atoms with Crippen LogP contribution in [0.4, 0.5) is 0 Å². The molecule has 0 bridgehead atoms. The van der Waals surface area contributed by atoms with Crippen LogP contribution in [0.15, 0.2) is 17.0 Å². The van der Waals surface area contributed by atoms with Crippen molar-refractivity contribution in [2.45, 2.75) is 44.4 Å². The zero-order valence-corrected chi connectivity index (χ0v) is 13.3. The Balaban J connectivity index is 2.58. The molecular weight excluding hydrogens is 303 g/mol. The second-order valence-electron chi connectivity index (χ2n) is 4.58. The molecule has 4 heteroatoms. The van der Waals surface area contributed by atoms with Crippen LogP contribution in [0.25, 0.3) is 0 Å². The summed E-state index contributed by atoms with van der Waals surface area (Å²) in [5, 5.41) is 0. The van der Waals surface area contributed by atoms with E-state index in [1.54, 1.807) is 10.8 Å². The van der Waals surface area contributed by atoms with Crippen LogP contribution >= 0.6 is 10.8 Å². The van der Waals surface area contributed by atoms with Crippen molar-refractivity contribution in [1.29, 1.82) is 0 Å². The molecule has 0 aliphatic carbocycles. The quantitative estimate of drug-likeness (QED) is 0.616. The first-order valence-electron chi connectivity index (χ1n) is 5.46. The molecule has 0 spiro atoms. The van der Waals surface area contributed by atoms with Crippen LogP contribution < -0.4 is 4.46 Å². The van der Waals surface area contributed by atoms with Gasteiger partial charge in [-0.2, -0.15) is 0 Å². The van der Waals surface area contributed by atoms with Gasteiger partial charge in [-0.3, -0.25) is 0 Å². The van der Waals surface area contributed by atoms with Gasteiger partial charge in [-0.15, -0.1) is 0 Å². The minimum absolute atomic E-state index is 0.143. The van der Waals surface area contributed by atoms with Gasteiger partial charge < -0.3 is 0 Å². The normalized spacial score (nSPS) is 19.5. The first kappa shape index (κ1) is 12.7. The molecular formula is C12H16OS2Se. The van der Waals surface area contributed by atoms with Crippen LogP contribution in [0, 0.1) is 0 Å². The number of hydrogen-bond acceptors (Lipinski definition) is 2. The van der Waals surface area contributed by atoms with E-state index in [0.717, 1.165) is 0 Å². The number of benzene rings is 1. The summed E-state index contributed by atoms with van der Waals surface area (Å²) in [5.41, 5.74) is 2.77. The van der Waals surface area contributed by atoms with Gasteiger partial charge in [-0.1, -0.05) is 0 Å². The van der Waals surface area contributed by atoms with Crippen LogP contribution in [-0.4, -0.2) is 18.0 Å². The minimum atomic E-state index is -0.694. The molecule has 1 heterocycles. The first-order chi connectivity index (χ1) is 7.50. The Kier molecular flexibility index (Phi) is 3.85. The van der Waals surface area contributed by atoms with E-state index in [0.29, 0.717) is 11.8 Å². The van der Waals surface area contributed by atoms with Crippen LogP contribution in [0.1, 0.15) is 50.7 Å². The SMILES string of the molecule is CC(C)c1ccc(C(C)C)c2c1SS(=O)[Se]2. The molecule has 0 fully saturated rings. The molecule has 1 unspecified atom stereocenters. The molecule has 1 aromatic rings. The third kappa shape index (κ3) is 2.26. The molecule has 0 amide bonds. The van der Waals surface area contributed by atoms with Crippen molar-refractivity contribution in [1.82, 2.24) is 0 Å². The maximum atomic E-state index is 11.8. The summed E-state index contributed by atoms with van der Waals surface area (Å²) < 4.78 is 13.2. The number of rotatable bonds is 2. The summed E-state index contributed by atoms with van der Waals surface area (Å²) in [6, 6.07) is 4.47. The van der Waals surface area contributed by atoms with E-state index in [-0.39, 0.29) is 13.8 Å². The maximum absolute atomic E-state index is 11.8. The van der Waals surface area contributed by atoms with Crippen LogP contribution in [0.3, 0.4) is 0 Å². The Hall–Kier alpha value is 0.239. The van der Waals surface area contributed by atoms with E-state index in [1.165, 1.54) is 20.5 Å². The molecule has 2 rings (SSSR count). The standard InChI is InChI=1S/C12H16OS2Se/c1-7(2)9-5-6-10(8(3)4)12-11(9)14-15(13)16-12/h5-8H,1-4H3. The molecule has 0 aromatic heterocycles. The predicted molar refractivity (Wildman–Crippen MR) is 74.0 cm³/mol. The molecule has 0 N–H and O–H groups in total. The van der Waals surface area contributed by atoms with Gasteiger partial charge in [0.15, 0.2) is 0 Å². The molecule has 0 saturated heterocycles. The summed E-state index contributed by atoms with van der Waals surface area (Å²) in [6.07, 6.45) is 0. The fourth-order valence-electron chi connectivity index (χ4n) is 1.83. The Bertz CT molecular complexity index is 402. The predicted octanol–water partition coefficient (Wildman–Crippen LogP) is 2.95. The van der Waals surface area contributed by atoms with Gasteiger partial charge in [0.25, 0.3) is 0 Å². The van der Waals surface area contributed by atoms with Crippen molar-refractivity contribution in [3.8, 4) is 0 Å². The third-order valence-electron chi connectivity index (χ3n) is 2.72. The van der Waals surface area contributed by atoms with Gasteiger partial charge in [-0.25, -0.2) is 0 Å². The van der Waals surface area contributed by atoms with E-state index in [2.05, 4.69) is 39.8 Å². The van der Waals surface area contributed by atoms with E-state index in [1.807, 2.05) is 0 Å². The van der Waals surface area contributed by atoms with Gasteiger partial charge in [0.05, 0.1) is 0 Å². The Morgan fingerprint density at radius 1 is 1.12 bits per heavy atom. The summed E-state index contributed by atoms with van der Waals surface area (Å²) >= 11 is 0.143. The Morgan fingerprint density at radius 2 is 1.69 bits per heavy atom. The summed E-state index contributed by atoms with van der Waals surface area (Å²) in [6.45, 7) is 8.85. The first-order valence-corrected chi connectivity index (χ1v) is 10.8. The van der Waals surface area contributed by atoms with Crippen molar-refractivity contribution >= 4 is 37.3 Å². The van der Waals surface area contributed by atoms with Gasteiger partial charge in [0.2, 0.25) is 0 Å². The molecule has 1 atom stereocenters. The van der Waals surface area contributed by atoms with E-state index in [9.17, 15) is 4.21 Å². The fraction of sp³-hybridized carbons (Fsp3) is 0.500. The van der Waals surface area contributed by atoms with E-state index >= 15 is 0 Å². The average molecular weight is 319 g/mol. The van der Waals surface area contributed by atoms with Crippen molar-refractivity contribution in [2.75, 3.05) is 0 Å². The van der Waals surface area contributed by atoms with Crippen LogP contribution in [-0.2, 0) is 8.25 Å². The number of hydrogen-bond donors (Lipinski definition) is 0. The van der Waals surface area contributed by atoms with Gasteiger partial charge in [-0.05, 0) is 0 Å². The van der Waals surface area contributed by atoms with Crippen molar-refractivity contribution in [3.05, 3.63) is 23.3 Å². The Morgan fingerprint density at radius 3 is 2.25 bits per heavy atom. The third-order valence-corrected chi connectivity index (χ3v) is 10.1. The molecule has 1 aliphatic rings. The average Bonchev–Trinajstić information content (AvgIpc) is 2.56. The summed E-state index contributed by atoms with van der Waals surface area (Å²) in [5.74, 6) is 1.06. The molecule has 0 saturated carbocycles. The molecule has 1 nitrogen and oxygen atoms in total. The van der Waals surface area contributed by atoms with Gasteiger partial charge in [0, 0.05) is 0 Å². The topological polar surface area (TPSA) is 17.1 Å². The molecule has 16 heavy (non-hydrogen) atoms. The van der Waals surface area contributed by atoms with Gasteiger partial charge >= 0.3 is 109 Å². The summed E-state index contributed by atoms with van der Waals surface area (Å²) in [4.78, 5) is 1.32. The van der Waals surface area contributed by atoms with Crippen molar-refractivity contribution in [3.63, 3.8) is 0 Å². The second kappa shape index (κ2) is 4.85. The zero-order chi connectivity index (χ0) is 11.9.